The molecule has 1 atom stereocenters. The van der Waals surface area contributed by atoms with Crippen molar-refractivity contribution in [1.82, 2.24) is 9.80 Å². The van der Waals surface area contributed by atoms with E-state index in [-0.39, 0.29) is 25.0 Å². The third kappa shape index (κ3) is 7.77. The van der Waals surface area contributed by atoms with Crippen molar-refractivity contribution in [2.45, 2.75) is 51.4 Å². The molecule has 1 amide bonds. The minimum Gasteiger partial charge on any atom is -0.490 e. The van der Waals surface area contributed by atoms with Crippen LogP contribution in [0.25, 0.3) is 0 Å². The van der Waals surface area contributed by atoms with Crippen molar-refractivity contribution in [2.75, 3.05) is 39.4 Å². The Balaban J connectivity index is 1.35. The number of aliphatic hydroxyl groups is 1. The molecule has 2 saturated heterocycles. The van der Waals surface area contributed by atoms with Crippen LogP contribution in [0.5, 0.6) is 17.2 Å². The van der Waals surface area contributed by atoms with Crippen LogP contribution in [0.1, 0.15) is 36.0 Å². The lowest BCUT2D eigenvalue weighted by molar-refractivity contribution is -0.158. The van der Waals surface area contributed by atoms with Gasteiger partial charge in [0.15, 0.2) is 0 Å². The highest BCUT2D eigenvalue weighted by atomic mass is 35.5. The van der Waals surface area contributed by atoms with Gasteiger partial charge in [-0.25, -0.2) is 0 Å². The van der Waals surface area contributed by atoms with Gasteiger partial charge in [0.2, 0.25) is 5.91 Å². The third-order valence-corrected chi connectivity index (χ3v) is 8.75. The molecule has 0 spiro atoms. The van der Waals surface area contributed by atoms with Crippen LogP contribution in [-0.4, -0.2) is 71.9 Å². The molecule has 0 unspecified atom stereocenters. The minimum absolute atomic E-state index is 0.0144. The molecule has 2 aliphatic heterocycles. The standard InChI is InChI=1S/C33H38Cl2N2O5/c1-23-16-29(17-24(2)32(23)35)40-22-33(19-31(39)37-12-10-27(38)11-13-37)21-36(14-15-41-33)20-25-6-3-4-9-30(25)42-28-8-5-7-26(34)18-28/h3-9,16-18,27,38H,10-15,19-22H2,1-2H3/t33-/m1/s1. The average Bonchev–Trinajstić information content (AvgIpc) is 2.96. The molecule has 224 valence electrons. The summed E-state index contributed by atoms with van der Waals surface area (Å²) >= 11 is 12.6. The zero-order valence-corrected chi connectivity index (χ0v) is 25.7. The van der Waals surface area contributed by atoms with Gasteiger partial charge in [-0.3, -0.25) is 9.69 Å². The normalized spacial score (nSPS) is 20.0. The molecule has 5 rings (SSSR count). The van der Waals surface area contributed by atoms with E-state index in [1.54, 1.807) is 6.07 Å². The van der Waals surface area contributed by atoms with Crippen molar-refractivity contribution >= 4 is 29.1 Å². The highest BCUT2D eigenvalue weighted by Crippen LogP contribution is 2.32. The van der Waals surface area contributed by atoms with Crippen LogP contribution in [-0.2, 0) is 16.1 Å². The Morgan fingerprint density at radius 2 is 1.74 bits per heavy atom. The third-order valence-electron chi connectivity index (χ3n) is 7.92. The number of halogens is 2. The number of hydrogen-bond acceptors (Lipinski definition) is 6. The Bertz CT molecular complexity index is 1370. The van der Waals surface area contributed by atoms with E-state index < -0.39 is 5.60 Å². The van der Waals surface area contributed by atoms with Gasteiger partial charge in [-0.1, -0.05) is 47.5 Å². The summed E-state index contributed by atoms with van der Waals surface area (Å²) in [5.41, 5.74) is 2.04. The lowest BCUT2D eigenvalue weighted by Crippen LogP contribution is -2.57. The zero-order valence-electron chi connectivity index (χ0n) is 24.2. The monoisotopic (exact) mass is 612 g/mol. The fourth-order valence-electron chi connectivity index (χ4n) is 5.64. The summed E-state index contributed by atoms with van der Waals surface area (Å²) in [7, 11) is 0. The first-order valence-electron chi connectivity index (χ1n) is 14.4. The summed E-state index contributed by atoms with van der Waals surface area (Å²) in [6.07, 6.45) is 1.02. The number of carbonyl (C=O) groups excluding carboxylic acids is 1. The molecule has 0 aromatic heterocycles. The number of amides is 1. The molecule has 0 radical (unpaired) electrons. The Kier molecular flexibility index (Phi) is 9.96. The second-order valence-corrected chi connectivity index (χ2v) is 12.2. The number of nitrogens with zero attached hydrogens (tertiary/aromatic N) is 2. The number of aryl methyl sites for hydroxylation is 2. The summed E-state index contributed by atoms with van der Waals surface area (Å²) < 4.78 is 19.0. The molecule has 0 bridgehead atoms. The maximum absolute atomic E-state index is 13.5. The maximum Gasteiger partial charge on any atom is 0.225 e. The predicted molar refractivity (Wildman–Crippen MR) is 165 cm³/mol. The van der Waals surface area contributed by atoms with E-state index in [9.17, 15) is 9.90 Å². The topological polar surface area (TPSA) is 71.5 Å². The first-order chi connectivity index (χ1) is 20.2. The second kappa shape index (κ2) is 13.7. The van der Waals surface area contributed by atoms with Gasteiger partial charge in [-0.05, 0) is 74.2 Å². The van der Waals surface area contributed by atoms with Crippen molar-refractivity contribution in [3.63, 3.8) is 0 Å². The Morgan fingerprint density at radius 3 is 2.48 bits per heavy atom. The largest absolute Gasteiger partial charge is 0.490 e. The lowest BCUT2D eigenvalue weighted by atomic mass is 9.95. The molecular weight excluding hydrogens is 575 g/mol. The van der Waals surface area contributed by atoms with Crippen molar-refractivity contribution in [1.29, 1.82) is 0 Å². The van der Waals surface area contributed by atoms with Gasteiger partial charge in [-0.2, -0.15) is 0 Å². The van der Waals surface area contributed by atoms with Gasteiger partial charge in [0.25, 0.3) is 0 Å². The van der Waals surface area contributed by atoms with Crippen LogP contribution in [0.4, 0.5) is 0 Å². The first kappa shape index (κ1) is 30.6. The fourth-order valence-corrected chi connectivity index (χ4v) is 5.93. The van der Waals surface area contributed by atoms with Crippen LogP contribution in [0.15, 0.2) is 60.7 Å². The van der Waals surface area contributed by atoms with E-state index in [4.69, 9.17) is 37.4 Å². The highest BCUT2D eigenvalue weighted by molar-refractivity contribution is 6.32. The van der Waals surface area contributed by atoms with Crippen molar-refractivity contribution < 1.29 is 24.1 Å². The van der Waals surface area contributed by atoms with Crippen molar-refractivity contribution in [3.8, 4) is 17.2 Å². The molecule has 9 heteroatoms. The maximum atomic E-state index is 13.5. The number of morpholine rings is 1. The summed E-state index contributed by atoms with van der Waals surface area (Å²) in [4.78, 5) is 17.7. The summed E-state index contributed by atoms with van der Waals surface area (Å²) in [5, 5.41) is 11.3. The first-order valence-corrected chi connectivity index (χ1v) is 15.2. The van der Waals surface area contributed by atoms with Crippen LogP contribution in [0.2, 0.25) is 10.0 Å². The quantitative estimate of drug-likeness (QED) is 0.300. The van der Waals surface area contributed by atoms with E-state index in [0.717, 1.165) is 27.5 Å². The molecule has 3 aromatic carbocycles. The van der Waals surface area contributed by atoms with Gasteiger partial charge < -0.3 is 24.2 Å². The Hall–Kier alpha value is -2.81. The van der Waals surface area contributed by atoms with Crippen molar-refractivity contribution in [3.05, 3.63) is 87.4 Å². The smallest absolute Gasteiger partial charge is 0.225 e. The van der Waals surface area contributed by atoms with Crippen molar-refractivity contribution in [2.24, 2.45) is 0 Å². The molecule has 0 saturated carbocycles. The molecule has 42 heavy (non-hydrogen) atoms. The molecule has 1 N–H and O–H groups in total. The number of carbonyl (C=O) groups is 1. The summed E-state index contributed by atoms with van der Waals surface area (Å²) in [5.74, 6) is 2.14. The van der Waals surface area contributed by atoms with Gasteiger partial charge in [0.05, 0.1) is 19.1 Å². The summed E-state index contributed by atoms with van der Waals surface area (Å²) in [6.45, 7) is 7.50. The van der Waals surface area contributed by atoms with Crippen LogP contribution in [0.3, 0.4) is 0 Å². The van der Waals surface area contributed by atoms with E-state index in [1.807, 2.05) is 67.3 Å². The van der Waals surface area contributed by atoms with E-state index >= 15 is 0 Å². The number of hydrogen-bond donors (Lipinski definition) is 1. The lowest BCUT2D eigenvalue weighted by Gasteiger charge is -2.43. The van der Waals surface area contributed by atoms with Gasteiger partial charge in [0, 0.05) is 48.3 Å². The van der Waals surface area contributed by atoms with Gasteiger partial charge >= 0.3 is 0 Å². The van der Waals surface area contributed by atoms with E-state index in [0.29, 0.717) is 68.7 Å². The number of likely N-dealkylation sites (tertiary alicyclic amines) is 1. The molecule has 7 nitrogen and oxygen atoms in total. The Morgan fingerprint density at radius 1 is 1.00 bits per heavy atom. The fraction of sp³-hybridized carbons (Fsp3) is 0.424. The molecule has 0 aliphatic carbocycles. The number of piperidine rings is 1. The number of rotatable bonds is 9. The van der Waals surface area contributed by atoms with Crippen LogP contribution >= 0.6 is 23.2 Å². The highest BCUT2D eigenvalue weighted by Gasteiger charge is 2.41. The average molecular weight is 614 g/mol. The Labute approximate surface area is 257 Å². The number of aliphatic hydroxyl groups excluding tert-OH is 1. The minimum atomic E-state index is -0.852. The molecule has 2 fully saturated rings. The molecule has 3 aromatic rings. The molecule has 2 aliphatic rings. The predicted octanol–water partition coefficient (Wildman–Crippen LogP) is 6.43. The second-order valence-electron chi connectivity index (χ2n) is 11.4. The molecular formula is C33H38Cl2N2O5. The molecule has 2 heterocycles. The number of para-hydroxylation sites is 1. The van der Waals surface area contributed by atoms with E-state index in [2.05, 4.69) is 11.0 Å². The van der Waals surface area contributed by atoms with Crippen LogP contribution in [0, 0.1) is 13.8 Å². The van der Waals surface area contributed by atoms with Crippen LogP contribution < -0.4 is 9.47 Å². The van der Waals surface area contributed by atoms with Gasteiger partial charge in [0.1, 0.15) is 29.5 Å². The van der Waals surface area contributed by atoms with Gasteiger partial charge in [-0.15, -0.1) is 0 Å². The number of benzene rings is 3. The SMILES string of the molecule is Cc1cc(OC[C@@]2(CC(=O)N3CCC(O)CC3)CN(Cc3ccccc3Oc3cccc(Cl)c3)CCO2)cc(C)c1Cl. The zero-order chi connectivity index (χ0) is 29.7. The number of ether oxygens (including phenoxy) is 3. The summed E-state index contributed by atoms with van der Waals surface area (Å²) in [6, 6.07) is 19.1. The van der Waals surface area contributed by atoms with E-state index in [1.165, 1.54) is 0 Å².